The smallest absolute Gasteiger partial charge is 0.410 e. The van der Waals surface area contributed by atoms with Gasteiger partial charge in [-0.15, -0.1) is 29.9 Å². The highest BCUT2D eigenvalue weighted by Crippen LogP contribution is 2.34. The molecule has 0 spiro atoms. The van der Waals surface area contributed by atoms with Crippen LogP contribution < -0.4 is 10.6 Å². The molecule has 0 bridgehead atoms. The van der Waals surface area contributed by atoms with E-state index in [1.54, 1.807) is 25.5 Å². The maximum absolute atomic E-state index is 12.6. The molecule has 430 valence electrons. The van der Waals surface area contributed by atoms with Crippen molar-refractivity contribution in [3.63, 3.8) is 0 Å². The number of hydrogen-bond acceptors (Lipinski definition) is 10. The fourth-order valence-electron chi connectivity index (χ4n) is 9.19. The van der Waals surface area contributed by atoms with Gasteiger partial charge in [0.15, 0.2) is 0 Å². The van der Waals surface area contributed by atoms with E-state index in [1.807, 2.05) is 88.4 Å². The molecule has 4 atom stereocenters. The van der Waals surface area contributed by atoms with Crippen molar-refractivity contribution in [2.75, 3.05) is 26.2 Å². The van der Waals surface area contributed by atoms with Crippen molar-refractivity contribution >= 4 is 44.3 Å². The Morgan fingerprint density at radius 1 is 0.550 bits per heavy atom. The molecule has 4 aliphatic heterocycles. The number of carbonyl (C=O) groups excluding carboxylic acids is 2. The van der Waals surface area contributed by atoms with Crippen molar-refractivity contribution in [3.05, 3.63) is 117 Å². The minimum Gasteiger partial charge on any atom is -0.444 e. The van der Waals surface area contributed by atoms with E-state index in [0.717, 1.165) is 97.0 Å². The number of ether oxygens (including phenoxy) is 2. The summed E-state index contributed by atoms with van der Waals surface area (Å²) in [5.41, 5.74) is 13.3. The lowest BCUT2D eigenvalue weighted by Crippen LogP contribution is -2.41. The summed E-state index contributed by atoms with van der Waals surface area (Å²) in [6.45, 7) is 30.2. The molecule has 0 radical (unpaired) electrons. The summed E-state index contributed by atoms with van der Waals surface area (Å²) in [5, 5.41) is 7.03. The minimum absolute atomic E-state index is 0.0183. The van der Waals surface area contributed by atoms with Crippen molar-refractivity contribution in [3.8, 4) is 47.6 Å². The number of carbonyl (C=O) groups is 2. The Labute approximate surface area is 492 Å². The average molecular weight is 1180 g/mol. The van der Waals surface area contributed by atoms with E-state index in [4.69, 9.17) is 15.9 Å². The van der Waals surface area contributed by atoms with Crippen LogP contribution in [-0.2, 0) is 9.47 Å². The van der Waals surface area contributed by atoms with Gasteiger partial charge in [-0.2, -0.15) is 0 Å². The molecule has 15 heteroatoms. The zero-order valence-corrected chi connectivity index (χ0v) is 54.0. The van der Waals surface area contributed by atoms with Gasteiger partial charge < -0.3 is 29.9 Å². The second kappa shape index (κ2) is 32.6. The van der Waals surface area contributed by atoms with Crippen molar-refractivity contribution in [1.29, 1.82) is 0 Å². The molecule has 4 saturated heterocycles. The largest absolute Gasteiger partial charge is 0.444 e. The number of rotatable bonds is 4. The Morgan fingerprint density at radius 2 is 0.912 bits per heavy atom. The Balaban J connectivity index is 0.000000229. The zero-order chi connectivity index (χ0) is 58.9. The van der Waals surface area contributed by atoms with Gasteiger partial charge in [0.2, 0.25) is 0 Å². The van der Waals surface area contributed by atoms with Crippen LogP contribution in [0.5, 0.6) is 0 Å². The number of halogens is 1. The number of nitrogens with one attached hydrogen (secondary N) is 2. The molecule has 8 rings (SSSR count). The van der Waals surface area contributed by atoms with Gasteiger partial charge in [-0.05, 0) is 188 Å². The highest BCUT2D eigenvalue weighted by molar-refractivity contribution is 9.10. The molecule has 4 aromatic heterocycles. The lowest BCUT2D eigenvalue weighted by Gasteiger charge is -2.36. The van der Waals surface area contributed by atoms with Crippen molar-refractivity contribution in [2.24, 2.45) is 0 Å². The topological polar surface area (TPSA) is 135 Å². The van der Waals surface area contributed by atoms with Crippen LogP contribution in [0.25, 0.3) is 0 Å². The summed E-state index contributed by atoms with van der Waals surface area (Å²) >= 11 is 3.44. The first kappa shape index (κ1) is 66.7. The fraction of sp³-hybridized carbons (Fsp3) is 0.538. The molecule has 8 heterocycles. The highest BCUT2D eigenvalue weighted by atomic mass is 79.9. The van der Waals surface area contributed by atoms with E-state index in [0.29, 0.717) is 12.1 Å². The van der Waals surface area contributed by atoms with Crippen LogP contribution in [0.15, 0.2) is 78.3 Å². The number of nitrogens with zero attached hydrogens (tertiary/aromatic N) is 6. The van der Waals surface area contributed by atoms with Gasteiger partial charge in [0.1, 0.15) is 27.3 Å². The average Bonchev–Trinajstić information content (AvgIpc) is 3.47. The molecule has 4 fully saturated rings. The second-order valence-electron chi connectivity index (χ2n) is 24.8. The molecular formula is C65H91BrN8O4Si2. The Hall–Kier alpha value is -5.79. The first-order valence-electron chi connectivity index (χ1n) is 28.6. The monoisotopic (exact) mass is 1180 g/mol. The van der Waals surface area contributed by atoms with E-state index >= 15 is 0 Å². The molecule has 0 aliphatic carbocycles. The Bertz CT molecular complexity index is 2800. The number of amides is 2. The Morgan fingerprint density at radius 3 is 1.29 bits per heavy atom. The van der Waals surface area contributed by atoms with E-state index in [-0.39, 0.29) is 24.3 Å². The number of piperidine rings is 4. The summed E-state index contributed by atoms with van der Waals surface area (Å²) in [4.78, 5) is 45.7. The van der Waals surface area contributed by atoms with Crippen molar-refractivity contribution < 1.29 is 19.1 Å². The van der Waals surface area contributed by atoms with E-state index in [1.165, 1.54) is 49.7 Å². The van der Waals surface area contributed by atoms with E-state index in [9.17, 15) is 9.59 Å². The third-order valence-electron chi connectivity index (χ3n) is 12.8. The van der Waals surface area contributed by atoms with Gasteiger partial charge in [-0.3, -0.25) is 19.9 Å². The predicted molar refractivity (Wildman–Crippen MR) is 336 cm³/mol. The quantitative estimate of drug-likeness (QED) is 0.150. The van der Waals surface area contributed by atoms with Gasteiger partial charge in [-0.25, -0.2) is 9.59 Å². The lowest BCUT2D eigenvalue weighted by atomic mass is 9.96. The SMILES string of the molecule is C#CC.C#Cc1cncc(C2CCCCN2)c1.CC(C)(C)OC(=O)N1CCCCC1c1cncc(Br)c1.CC(C)(C)OC(=O)N1CCCCC1c1cncc(C#C[Si](C)(C)C)c1.C[Si](C)(C)C#Cc1cncc(C2CCCCN2)c1. The second-order valence-corrected chi connectivity index (χ2v) is 35.2. The van der Waals surface area contributed by atoms with Crippen LogP contribution in [0.2, 0.25) is 39.3 Å². The minimum atomic E-state index is -1.43. The molecule has 0 saturated carbocycles. The van der Waals surface area contributed by atoms with E-state index < -0.39 is 27.3 Å². The van der Waals surface area contributed by atoms with Gasteiger partial charge in [0.05, 0.1) is 12.1 Å². The summed E-state index contributed by atoms with van der Waals surface area (Å²) in [6, 6.07) is 9.35. The van der Waals surface area contributed by atoms with Crippen LogP contribution >= 0.6 is 15.9 Å². The first-order chi connectivity index (χ1) is 37.8. The Kier molecular flexibility index (Phi) is 27.2. The van der Waals surface area contributed by atoms with Crippen molar-refractivity contribution in [2.45, 2.75) is 200 Å². The van der Waals surface area contributed by atoms with Crippen LogP contribution in [0, 0.1) is 47.6 Å². The standard InChI is InChI=1S/C20H30N2O2Si.C15H21BrN2O2.C15H22N2Si.C12H14N2.C3H4/c1-20(2,3)24-19(23)22-11-8-7-9-18(22)17-13-16(14-21-15-17)10-12-25(4,5)6;1-15(2,3)20-14(19)18-7-5-4-6-13(18)11-8-12(16)10-17-9-11;1-18(2,3)9-7-13-10-14(12-16-11-13)15-6-4-5-8-17-15;1-2-10-7-11(9-13-8-10)12-5-3-4-6-14-12;1-3-2/h13-15,18H,7-9,11H2,1-6H3;8-10,13H,4-7H2,1-3H3;10-12,15,17H,4-6,8H2,1-3H3;1,7-9,12,14H,3-6H2;1H,2H3. The predicted octanol–water partition coefficient (Wildman–Crippen LogP) is 14.7. The zero-order valence-electron chi connectivity index (χ0n) is 50.4. The molecule has 4 unspecified atom stereocenters. The maximum atomic E-state index is 12.6. The molecule has 2 amide bonds. The highest BCUT2D eigenvalue weighted by Gasteiger charge is 2.33. The molecular weight excluding hydrogens is 1090 g/mol. The summed E-state index contributed by atoms with van der Waals surface area (Å²) in [5.74, 6) is 11.4. The number of likely N-dealkylation sites (tertiary alicyclic amines) is 2. The van der Waals surface area contributed by atoms with Gasteiger partial charge >= 0.3 is 12.2 Å². The summed E-state index contributed by atoms with van der Waals surface area (Å²) in [6.07, 6.45) is 37.9. The van der Waals surface area contributed by atoms with Crippen LogP contribution in [-0.4, -0.2) is 95.5 Å². The molecule has 0 aromatic carbocycles. The summed E-state index contributed by atoms with van der Waals surface area (Å²) in [7, 11) is -2.73. The van der Waals surface area contributed by atoms with Crippen molar-refractivity contribution in [1.82, 2.24) is 40.4 Å². The normalized spacial score (nSPS) is 19.1. The molecule has 4 aliphatic rings. The van der Waals surface area contributed by atoms with Gasteiger partial charge in [-0.1, -0.05) is 69.9 Å². The van der Waals surface area contributed by atoms with Gasteiger partial charge in [0, 0.05) is 95.9 Å². The van der Waals surface area contributed by atoms with Crippen LogP contribution in [0.1, 0.15) is 189 Å². The number of hydrogen-bond donors (Lipinski definition) is 2. The number of pyridine rings is 4. The van der Waals surface area contributed by atoms with Gasteiger partial charge in [0.25, 0.3) is 0 Å². The molecule has 4 aromatic rings. The molecule has 12 nitrogen and oxygen atoms in total. The molecule has 80 heavy (non-hydrogen) atoms. The number of terminal acetylenes is 2. The van der Waals surface area contributed by atoms with Crippen LogP contribution in [0.3, 0.4) is 0 Å². The molecule has 2 N–H and O–H groups in total. The first-order valence-corrected chi connectivity index (χ1v) is 36.4. The number of aromatic nitrogens is 4. The third-order valence-corrected chi connectivity index (χ3v) is 15.0. The summed E-state index contributed by atoms with van der Waals surface area (Å²) < 4.78 is 12.0. The fourth-order valence-corrected chi connectivity index (χ4v) is 10.6. The third kappa shape index (κ3) is 25.3. The maximum Gasteiger partial charge on any atom is 0.410 e. The van der Waals surface area contributed by atoms with E-state index in [2.05, 4.69) is 145 Å². The van der Waals surface area contributed by atoms with Crippen LogP contribution in [0.4, 0.5) is 9.59 Å². The lowest BCUT2D eigenvalue weighted by molar-refractivity contribution is 0.00848.